The third-order valence-corrected chi connectivity index (χ3v) is 4.78. The molecule has 0 saturated heterocycles. The molecule has 1 nitrogen and oxygen atoms in total. The van der Waals surface area contributed by atoms with Crippen molar-refractivity contribution in [1.29, 1.82) is 0 Å². The van der Waals surface area contributed by atoms with Crippen LogP contribution in [0.5, 0.6) is 0 Å². The van der Waals surface area contributed by atoms with E-state index in [1.807, 2.05) is 0 Å². The van der Waals surface area contributed by atoms with Gasteiger partial charge < -0.3 is 5.73 Å². The van der Waals surface area contributed by atoms with Crippen LogP contribution < -0.4 is 5.73 Å². The summed E-state index contributed by atoms with van der Waals surface area (Å²) in [5, 5.41) is 0. The summed E-state index contributed by atoms with van der Waals surface area (Å²) in [6.45, 7) is 4.67. The van der Waals surface area contributed by atoms with Crippen LogP contribution >= 0.6 is 0 Å². The fourth-order valence-electron chi connectivity index (χ4n) is 3.29. The average molecular weight is 253 g/mol. The highest BCUT2D eigenvalue weighted by molar-refractivity contribution is 4.86. The first kappa shape index (κ1) is 16.0. The van der Waals surface area contributed by atoms with Gasteiger partial charge in [0.05, 0.1) is 0 Å². The maximum Gasteiger partial charge on any atom is 0.0154 e. The summed E-state index contributed by atoms with van der Waals surface area (Å²) >= 11 is 0. The number of hydrogen-bond donors (Lipinski definition) is 1. The smallest absolute Gasteiger partial charge is 0.0154 e. The zero-order valence-corrected chi connectivity index (χ0v) is 12.8. The lowest BCUT2D eigenvalue weighted by molar-refractivity contribution is 0.327. The summed E-state index contributed by atoms with van der Waals surface area (Å²) in [6.07, 6.45) is 17.7. The Bertz CT molecular complexity index is 202. The van der Waals surface area contributed by atoms with E-state index in [2.05, 4.69) is 13.8 Å². The molecule has 0 bridgehead atoms. The number of nitrogens with two attached hydrogens (primary N) is 1. The van der Waals surface area contributed by atoms with Crippen molar-refractivity contribution < 1.29 is 0 Å². The van der Waals surface area contributed by atoms with Crippen molar-refractivity contribution in [3.05, 3.63) is 0 Å². The zero-order valence-electron chi connectivity index (χ0n) is 12.8. The lowest BCUT2D eigenvalue weighted by atomic mass is 9.85. The SMILES string of the molecule is CCCCCCCCCC1(N)CCCC(C)CC1. The van der Waals surface area contributed by atoms with E-state index in [4.69, 9.17) is 5.73 Å². The van der Waals surface area contributed by atoms with Gasteiger partial charge in [-0.3, -0.25) is 0 Å². The van der Waals surface area contributed by atoms with E-state index < -0.39 is 0 Å². The van der Waals surface area contributed by atoms with E-state index >= 15 is 0 Å². The van der Waals surface area contributed by atoms with Crippen LogP contribution in [0.25, 0.3) is 0 Å². The molecule has 0 heterocycles. The fourth-order valence-corrected chi connectivity index (χ4v) is 3.29. The van der Waals surface area contributed by atoms with Crippen LogP contribution in [0.15, 0.2) is 0 Å². The van der Waals surface area contributed by atoms with Gasteiger partial charge in [-0.15, -0.1) is 0 Å². The first-order valence-corrected chi connectivity index (χ1v) is 8.45. The summed E-state index contributed by atoms with van der Waals surface area (Å²) in [6, 6.07) is 0. The van der Waals surface area contributed by atoms with Gasteiger partial charge in [-0.1, -0.05) is 71.6 Å². The van der Waals surface area contributed by atoms with Crippen molar-refractivity contribution in [1.82, 2.24) is 0 Å². The molecule has 2 atom stereocenters. The largest absolute Gasteiger partial charge is 0.325 e. The van der Waals surface area contributed by atoms with Crippen molar-refractivity contribution in [2.75, 3.05) is 0 Å². The Labute approximate surface area is 115 Å². The number of rotatable bonds is 8. The molecule has 0 aromatic heterocycles. The molecule has 0 amide bonds. The van der Waals surface area contributed by atoms with Gasteiger partial charge in [0.15, 0.2) is 0 Å². The van der Waals surface area contributed by atoms with E-state index in [1.54, 1.807) is 0 Å². The maximum absolute atomic E-state index is 6.58. The summed E-state index contributed by atoms with van der Waals surface area (Å²) in [5.41, 5.74) is 6.77. The standard InChI is InChI=1S/C17H35N/c1-3-4-5-6-7-8-9-13-17(18)14-10-11-16(2)12-15-17/h16H,3-15,18H2,1-2H3. The van der Waals surface area contributed by atoms with Crippen molar-refractivity contribution in [2.24, 2.45) is 11.7 Å². The van der Waals surface area contributed by atoms with Gasteiger partial charge in [0.25, 0.3) is 0 Å². The van der Waals surface area contributed by atoms with E-state index in [-0.39, 0.29) is 5.54 Å². The molecule has 1 rings (SSSR count). The molecule has 1 aliphatic rings. The lowest BCUT2D eigenvalue weighted by Gasteiger charge is -2.28. The van der Waals surface area contributed by atoms with E-state index in [9.17, 15) is 0 Å². The quantitative estimate of drug-likeness (QED) is 0.453. The van der Waals surface area contributed by atoms with Gasteiger partial charge in [0.1, 0.15) is 0 Å². The van der Waals surface area contributed by atoms with Gasteiger partial charge >= 0.3 is 0 Å². The Morgan fingerprint density at radius 2 is 1.61 bits per heavy atom. The minimum Gasteiger partial charge on any atom is -0.325 e. The molecule has 0 spiro atoms. The molecular weight excluding hydrogens is 218 g/mol. The molecule has 0 aromatic carbocycles. The molecule has 1 heteroatoms. The topological polar surface area (TPSA) is 26.0 Å². The Morgan fingerprint density at radius 1 is 0.944 bits per heavy atom. The molecule has 2 N–H and O–H groups in total. The third kappa shape index (κ3) is 6.78. The van der Waals surface area contributed by atoms with Crippen molar-refractivity contribution in [2.45, 2.75) is 103 Å². The zero-order chi connectivity index (χ0) is 13.3. The summed E-state index contributed by atoms with van der Waals surface area (Å²) in [7, 11) is 0. The molecule has 1 saturated carbocycles. The predicted octanol–water partition coefficient (Wildman–Crippen LogP) is 5.42. The van der Waals surface area contributed by atoms with Gasteiger partial charge in [0.2, 0.25) is 0 Å². The molecule has 1 aliphatic carbocycles. The Hall–Kier alpha value is -0.0400. The van der Waals surface area contributed by atoms with E-state index in [0.29, 0.717) is 0 Å². The minimum absolute atomic E-state index is 0.189. The predicted molar refractivity (Wildman–Crippen MR) is 81.8 cm³/mol. The van der Waals surface area contributed by atoms with Crippen LogP contribution in [0.4, 0.5) is 0 Å². The second-order valence-corrected chi connectivity index (χ2v) is 6.77. The normalized spacial score (nSPS) is 29.2. The number of hydrogen-bond acceptors (Lipinski definition) is 1. The minimum atomic E-state index is 0.189. The molecule has 0 radical (unpaired) electrons. The van der Waals surface area contributed by atoms with Crippen molar-refractivity contribution >= 4 is 0 Å². The molecule has 1 fully saturated rings. The summed E-state index contributed by atoms with van der Waals surface area (Å²) in [4.78, 5) is 0. The van der Waals surface area contributed by atoms with Crippen molar-refractivity contribution in [3.8, 4) is 0 Å². The third-order valence-electron chi connectivity index (χ3n) is 4.78. The number of unbranched alkanes of at least 4 members (excludes halogenated alkanes) is 6. The molecular formula is C17H35N. The van der Waals surface area contributed by atoms with E-state index in [0.717, 1.165) is 5.92 Å². The maximum atomic E-state index is 6.58. The Morgan fingerprint density at radius 3 is 2.33 bits per heavy atom. The highest BCUT2D eigenvalue weighted by Crippen LogP contribution is 2.32. The molecule has 0 aliphatic heterocycles. The van der Waals surface area contributed by atoms with Crippen LogP contribution in [-0.2, 0) is 0 Å². The lowest BCUT2D eigenvalue weighted by Crippen LogP contribution is -2.39. The fraction of sp³-hybridized carbons (Fsp3) is 1.00. The van der Waals surface area contributed by atoms with Crippen LogP contribution in [0.3, 0.4) is 0 Å². The van der Waals surface area contributed by atoms with Crippen LogP contribution in [0.2, 0.25) is 0 Å². The highest BCUT2D eigenvalue weighted by atomic mass is 14.7. The monoisotopic (exact) mass is 253 g/mol. The summed E-state index contributed by atoms with van der Waals surface area (Å²) in [5.74, 6) is 0.907. The Kier molecular flexibility index (Phi) is 7.97. The highest BCUT2D eigenvalue weighted by Gasteiger charge is 2.27. The average Bonchev–Trinajstić information content (AvgIpc) is 2.51. The first-order valence-electron chi connectivity index (χ1n) is 8.45. The second kappa shape index (κ2) is 8.96. The molecule has 108 valence electrons. The van der Waals surface area contributed by atoms with Gasteiger partial charge in [-0.05, 0) is 31.6 Å². The Balaban J connectivity index is 2.06. The van der Waals surface area contributed by atoms with Crippen LogP contribution in [0, 0.1) is 5.92 Å². The van der Waals surface area contributed by atoms with E-state index in [1.165, 1.54) is 83.5 Å². The summed E-state index contributed by atoms with van der Waals surface area (Å²) < 4.78 is 0. The molecule has 0 aromatic rings. The van der Waals surface area contributed by atoms with Gasteiger partial charge in [0, 0.05) is 5.54 Å². The second-order valence-electron chi connectivity index (χ2n) is 6.77. The molecule has 18 heavy (non-hydrogen) atoms. The molecule has 2 unspecified atom stereocenters. The van der Waals surface area contributed by atoms with Crippen LogP contribution in [-0.4, -0.2) is 5.54 Å². The van der Waals surface area contributed by atoms with Crippen LogP contribution in [0.1, 0.15) is 97.3 Å². The van der Waals surface area contributed by atoms with Gasteiger partial charge in [-0.2, -0.15) is 0 Å². The van der Waals surface area contributed by atoms with Gasteiger partial charge in [-0.25, -0.2) is 0 Å². The first-order chi connectivity index (χ1) is 8.66. The van der Waals surface area contributed by atoms with Crippen molar-refractivity contribution in [3.63, 3.8) is 0 Å².